The number of anilines is 1. The van der Waals surface area contributed by atoms with Crippen molar-refractivity contribution in [2.75, 3.05) is 31.1 Å². The maximum absolute atomic E-state index is 13.2. The standard InChI is InChI=1S/C22H30F3N3O5S3/c1-4-16(2)35(30,31)26-14-19-15-27(36(32,33)20-6-5-13-34-20)11-12-28(19)18-9-7-17(8-10-18)21(3,29)22(23,24)25/h5-10,13,16,19,26,29H,4,11-12,14-15H2,1-3H3/t16-,19-,21+/m0/s1. The average Bonchev–Trinajstić information content (AvgIpc) is 3.37. The van der Waals surface area contributed by atoms with Crippen LogP contribution in [0, 0.1) is 0 Å². The third kappa shape index (κ3) is 5.89. The number of hydrogen-bond acceptors (Lipinski definition) is 7. The Labute approximate surface area is 213 Å². The van der Waals surface area contributed by atoms with E-state index in [4.69, 9.17) is 0 Å². The number of hydrogen-bond donors (Lipinski definition) is 2. The van der Waals surface area contributed by atoms with Gasteiger partial charge in [0.2, 0.25) is 10.0 Å². The molecule has 8 nitrogen and oxygen atoms in total. The highest BCUT2D eigenvalue weighted by atomic mass is 32.2. The molecule has 3 rings (SSSR count). The van der Waals surface area contributed by atoms with Crippen LogP contribution in [-0.4, -0.2) is 69.9 Å². The van der Waals surface area contributed by atoms with Gasteiger partial charge in [-0.15, -0.1) is 11.3 Å². The van der Waals surface area contributed by atoms with E-state index in [0.717, 1.165) is 23.5 Å². The lowest BCUT2D eigenvalue weighted by molar-refractivity contribution is -0.258. The van der Waals surface area contributed by atoms with Gasteiger partial charge in [0, 0.05) is 31.9 Å². The fourth-order valence-electron chi connectivity index (χ4n) is 3.81. The molecule has 0 unspecified atom stereocenters. The first-order chi connectivity index (χ1) is 16.6. The molecule has 0 spiro atoms. The normalized spacial score (nSPS) is 20.8. The molecule has 1 fully saturated rings. The van der Waals surface area contributed by atoms with Gasteiger partial charge in [-0.25, -0.2) is 21.6 Å². The molecule has 2 heterocycles. The van der Waals surface area contributed by atoms with Crippen molar-refractivity contribution in [3.05, 3.63) is 47.3 Å². The molecule has 1 aliphatic rings. The van der Waals surface area contributed by atoms with E-state index in [1.165, 1.54) is 22.5 Å². The number of alkyl halides is 3. The molecular formula is C22H30F3N3O5S3. The van der Waals surface area contributed by atoms with Crippen LogP contribution in [-0.2, 0) is 25.6 Å². The van der Waals surface area contributed by atoms with Crippen molar-refractivity contribution in [3.8, 4) is 0 Å². The van der Waals surface area contributed by atoms with E-state index in [2.05, 4.69) is 4.72 Å². The van der Waals surface area contributed by atoms with E-state index in [0.29, 0.717) is 19.0 Å². The molecule has 2 N–H and O–H groups in total. The van der Waals surface area contributed by atoms with Crippen molar-refractivity contribution in [2.24, 2.45) is 0 Å². The number of piperazine rings is 1. The van der Waals surface area contributed by atoms with E-state index in [1.54, 1.807) is 30.2 Å². The number of rotatable bonds is 9. The van der Waals surface area contributed by atoms with Gasteiger partial charge in [0.25, 0.3) is 10.0 Å². The van der Waals surface area contributed by atoms with Crippen molar-refractivity contribution in [1.29, 1.82) is 0 Å². The topological polar surface area (TPSA) is 107 Å². The Kier molecular flexibility index (Phi) is 8.48. The summed E-state index contributed by atoms with van der Waals surface area (Å²) in [6, 6.07) is 7.66. The first-order valence-electron chi connectivity index (χ1n) is 11.3. The Morgan fingerprint density at radius 2 is 1.78 bits per heavy atom. The highest BCUT2D eigenvalue weighted by Gasteiger charge is 2.51. The highest BCUT2D eigenvalue weighted by molar-refractivity contribution is 7.91. The molecule has 1 saturated heterocycles. The van der Waals surface area contributed by atoms with Crippen LogP contribution < -0.4 is 9.62 Å². The summed E-state index contributed by atoms with van der Waals surface area (Å²) in [4.78, 5) is 1.77. The van der Waals surface area contributed by atoms with Crippen molar-refractivity contribution >= 4 is 37.1 Å². The SMILES string of the molecule is CC[C@H](C)S(=O)(=O)NC[C@H]1CN(S(=O)(=O)c2cccs2)CCN1c1ccc([C@@](C)(O)C(F)(F)F)cc1. The maximum atomic E-state index is 13.2. The molecule has 0 amide bonds. The minimum absolute atomic E-state index is 0.0225. The fraction of sp³-hybridized carbons (Fsp3) is 0.545. The number of sulfonamides is 2. The van der Waals surface area contributed by atoms with Gasteiger partial charge < -0.3 is 10.0 Å². The smallest absolute Gasteiger partial charge is 0.376 e. The minimum atomic E-state index is -4.87. The number of benzene rings is 1. The van der Waals surface area contributed by atoms with Gasteiger partial charge in [0.1, 0.15) is 4.21 Å². The van der Waals surface area contributed by atoms with Crippen LogP contribution in [0.4, 0.5) is 18.9 Å². The Morgan fingerprint density at radius 3 is 2.31 bits per heavy atom. The Balaban J connectivity index is 1.89. The summed E-state index contributed by atoms with van der Waals surface area (Å²) in [5.74, 6) is 0. The second kappa shape index (κ2) is 10.6. The molecule has 36 heavy (non-hydrogen) atoms. The summed E-state index contributed by atoms with van der Waals surface area (Å²) in [5, 5.41) is 11.0. The van der Waals surface area contributed by atoms with Crippen LogP contribution in [0.3, 0.4) is 0 Å². The van der Waals surface area contributed by atoms with E-state index in [9.17, 15) is 35.1 Å². The van der Waals surface area contributed by atoms with Crippen molar-refractivity contribution < 1.29 is 35.1 Å². The molecule has 0 aliphatic carbocycles. The van der Waals surface area contributed by atoms with Crippen molar-refractivity contribution in [3.63, 3.8) is 0 Å². The van der Waals surface area contributed by atoms with Crippen LogP contribution >= 0.6 is 11.3 Å². The van der Waals surface area contributed by atoms with Gasteiger partial charge in [-0.1, -0.05) is 25.1 Å². The zero-order chi connectivity index (χ0) is 26.9. The van der Waals surface area contributed by atoms with E-state index in [1.807, 2.05) is 0 Å². The van der Waals surface area contributed by atoms with Crippen LogP contribution in [0.5, 0.6) is 0 Å². The molecule has 3 atom stereocenters. The molecule has 0 saturated carbocycles. The molecular weight excluding hydrogens is 539 g/mol. The Morgan fingerprint density at radius 1 is 1.14 bits per heavy atom. The van der Waals surface area contributed by atoms with Gasteiger partial charge in [-0.05, 0) is 49.4 Å². The van der Waals surface area contributed by atoms with Crippen LogP contribution in [0.25, 0.3) is 0 Å². The average molecular weight is 570 g/mol. The first-order valence-corrected chi connectivity index (χ1v) is 15.2. The maximum Gasteiger partial charge on any atom is 0.421 e. The lowest BCUT2D eigenvalue weighted by atomic mass is 9.95. The van der Waals surface area contributed by atoms with Crippen LogP contribution in [0.1, 0.15) is 32.8 Å². The zero-order valence-corrected chi connectivity index (χ0v) is 22.5. The predicted molar refractivity (Wildman–Crippen MR) is 133 cm³/mol. The third-order valence-corrected chi connectivity index (χ3v) is 11.7. The number of nitrogens with zero attached hydrogens (tertiary/aromatic N) is 2. The third-order valence-electron chi connectivity index (χ3n) is 6.47. The summed E-state index contributed by atoms with van der Waals surface area (Å²) >= 11 is 1.08. The zero-order valence-electron chi connectivity index (χ0n) is 20.1. The number of nitrogens with one attached hydrogen (secondary N) is 1. The predicted octanol–water partition coefficient (Wildman–Crippen LogP) is 3.12. The molecule has 0 bridgehead atoms. The number of thiophene rings is 1. The Hall–Kier alpha value is -1.71. The summed E-state index contributed by atoms with van der Waals surface area (Å²) in [5.41, 5.74) is -2.89. The van der Waals surface area contributed by atoms with Gasteiger partial charge in [0.05, 0.1) is 11.3 Å². The van der Waals surface area contributed by atoms with E-state index in [-0.39, 0.29) is 36.0 Å². The fourth-order valence-corrected chi connectivity index (χ4v) is 7.57. The largest absolute Gasteiger partial charge is 0.421 e. The molecule has 1 aromatic heterocycles. The van der Waals surface area contributed by atoms with Crippen LogP contribution in [0.2, 0.25) is 0 Å². The highest BCUT2D eigenvalue weighted by Crippen LogP contribution is 2.39. The van der Waals surface area contributed by atoms with Gasteiger partial charge in [-0.3, -0.25) is 0 Å². The number of halogens is 3. The summed E-state index contributed by atoms with van der Waals surface area (Å²) in [7, 11) is -7.44. The lowest BCUT2D eigenvalue weighted by Gasteiger charge is -2.42. The monoisotopic (exact) mass is 569 g/mol. The Bertz CT molecular complexity index is 1230. The summed E-state index contributed by atoms with van der Waals surface area (Å²) in [6.45, 7) is 4.16. The second-order valence-corrected chi connectivity index (χ2v) is 14.2. The van der Waals surface area contributed by atoms with Crippen molar-refractivity contribution in [1.82, 2.24) is 9.03 Å². The lowest BCUT2D eigenvalue weighted by Crippen LogP contribution is -2.58. The van der Waals surface area contributed by atoms with E-state index >= 15 is 0 Å². The molecule has 2 aromatic rings. The van der Waals surface area contributed by atoms with E-state index < -0.39 is 43.1 Å². The molecule has 0 radical (unpaired) electrons. The molecule has 202 valence electrons. The first kappa shape index (κ1) is 28.9. The second-order valence-electron chi connectivity index (χ2n) is 8.87. The molecule has 1 aliphatic heterocycles. The quantitative estimate of drug-likeness (QED) is 0.481. The van der Waals surface area contributed by atoms with Gasteiger partial charge in [-0.2, -0.15) is 17.5 Å². The van der Waals surface area contributed by atoms with Crippen LogP contribution in [0.15, 0.2) is 46.0 Å². The van der Waals surface area contributed by atoms with Crippen molar-refractivity contribution in [2.45, 2.75) is 54.5 Å². The van der Waals surface area contributed by atoms with Gasteiger partial charge in [0.15, 0.2) is 5.60 Å². The van der Waals surface area contributed by atoms with Gasteiger partial charge >= 0.3 is 6.18 Å². The molecule has 14 heteroatoms. The minimum Gasteiger partial charge on any atom is -0.376 e. The number of aliphatic hydroxyl groups is 1. The molecule has 1 aromatic carbocycles. The summed E-state index contributed by atoms with van der Waals surface area (Å²) in [6.07, 6.45) is -4.48. The summed E-state index contributed by atoms with van der Waals surface area (Å²) < 4.78 is 95.0.